The minimum absolute atomic E-state index is 0.283. The smallest absolute Gasteiger partial charge is 0.325 e. The topological polar surface area (TPSA) is 78.5 Å². The zero-order valence-corrected chi connectivity index (χ0v) is 16.7. The molecule has 2 atom stereocenters. The van der Waals surface area contributed by atoms with Crippen LogP contribution in [0.1, 0.15) is 36.6 Å². The maximum atomic E-state index is 12.9. The molecule has 3 rings (SSSR count). The lowest BCUT2D eigenvalue weighted by atomic mass is 9.91. The molecule has 1 fully saturated rings. The van der Waals surface area contributed by atoms with Crippen LogP contribution in [0.4, 0.5) is 4.79 Å². The molecule has 146 valence electrons. The molecule has 28 heavy (non-hydrogen) atoms. The summed E-state index contributed by atoms with van der Waals surface area (Å²) < 4.78 is 0. The minimum Gasteiger partial charge on any atom is -0.348 e. The zero-order valence-electron chi connectivity index (χ0n) is 16.0. The Morgan fingerprint density at radius 2 is 1.75 bits per heavy atom. The standard InChI is InChI=1S/C21H22ClN3O3/c1-13-4-8-16(9-5-13)21(3)19(27)25(20(28)24-21)12-18(26)23-14(2)15-6-10-17(22)11-7-15/h4-11,14H,12H2,1-3H3,(H,23,26)(H,24,28)/t14-,21+/m1/s1. The van der Waals surface area contributed by atoms with Crippen LogP contribution in [-0.2, 0) is 15.1 Å². The number of carbonyl (C=O) groups excluding carboxylic acids is 3. The summed E-state index contributed by atoms with van der Waals surface area (Å²) in [7, 11) is 0. The van der Waals surface area contributed by atoms with Crippen molar-refractivity contribution in [1.82, 2.24) is 15.5 Å². The summed E-state index contributed by atoms with van der Waals surface area (Å²) in [5.41, 5.74) is 1.41. The first-order chi connectivity index (χ1) is 13.2. The molecule has 0 spiro atoms. The van der Waals surface area contributed by atoms with Crippen molar-refractivity contribution < 1.29 is 14.4 Å². The van der Waals surface area contributed by atoms with Crippen molar-refractivity contribution in [2.75, 3.05) is 6.54 Å². The summed E-state index contributed by atoms with van der Waals surface area (Å²) in [6, 6.07) is 13.6. The predicted molar refractivity (Wildman–Crippen MR) is 107 cm³/mol. The molecule has 1 saturated heterocycles. The highest BCUT2D eigenvalue weighted by Crippen LogP contribution is 2.29. The number of hydrogen-bond donors (Lipinski definition) is 2. The molecule has 0 aromatic heterocycles. The van der Waals surface area contributed by atoms with E-state index in [4.69, 9.17) is 11.6 Å². The number of urea groups is 1. The highest BCUT2D eigenvalue weighted by atomic mass is 35.5. The van der Waals surface area contributed by atoms with Gasteiger partial charge in [0.05, 0.1) is 6.04 Å². The summed E-state index contributed by atoms with van der Waals surface area (Å²) in [6.07, 6.45) is 0. The van der Waals surface area contributed by atoms with Crippen molar-refractivity contribution in [3.05, 3.63) is 70.2 Å². The van der Waals surface area contributed by atoms with Gasteiger partial charge in [0.25, 0.3) is 5.91 Å². The molecule has 0 aliphatic carbocycles. The Labute approximate surface area is 168 Å². The fourth-order valence-electron chi connectivity index (χ4n) is 3.19. The van der Waals surface area contributed by atoms with E-state index < -0.39 is 23.4 Å². The van der Waals surface area contributed by atoms with Gasteiger partial charge < -0.3 is 10.6 Å². The van der Waals surface area contributed by atoms with Crippen molar-refractivity contribution in [1.29, 1.82) is 0 Å². The second kappa shape index (κ2) is 7.64. The van der Waals surface area contributed by atoms with Gasteiger partial charge in [-0.25, -0.2) is 4.79 Å². The Morgan fingerprint density at radius 3 is 2.36 bits per heavy atom. The number of rotatable bonds is 5. The van der Waals surface area contributed by atoms with Crippen molar-refractivity contribution >= 4 is 29.4 Å². The van der Waals surface area contributed by atoms with E-state index in [0.29, 0.717) is 10.6 Å². The quantitative estimate of drug-likeness (QED) is 0.757. The molecule has 1 aliphatic heterocycles. The van der Waals surface area contributed by atoms with E-state index >= 15 is 0 Å². The lowest BCUT2D eigenvalue weighted by Gasteiger charge is -2.22. The Kier molecular flexibility index (Phi) is 5.42. The molecule has 0 bridgehead atoms. The van der Waals surface area contributed by atoms with E-state index in [2.05, 4.69) is 10.6 Å². The number of hydrogen-bond acceptors (Lipinski definition) is 3. The molecule has 1 aliphatic rings. The monoisotopic (exact) mass is 399 g/mol. The lowest BCUT2D eigenvalue weighted by molar-refractivity contribution is -0.135. The molecule has 0 saturated carbocycles. The normalized spacial score (nSPS) is 20.1. The minimum atomic E-state index is -1.19. The molecule has 4 amide bonds. The molecule has 6 nitrogen and oxygen atoms in total. The molecular formula is C21H22ClN3O3. The number of carbonyl (C=O) groups is 3. The number of amides is 4. The molecule has 0 radical (unpaired) electrons. The van der Waals surface area contributed by atoms with Crippen LogP contribution in [0.25, 0.3) is 0 Å². The van der Waals surface area contributed by atoms with E-state index in [9.17, 15) is 14.4 Å². The number of nitrogens with one attached hydrogen (secondary N) is 2. The number of halogens is 1. The third-order valence-corrected chi connectivity index (χ3v) is 5.21. The lowest BCUT2D eigenvalue weighted by Crippen LogP contribution is -2.43. The first kappa shape index (κ1) is 19.9. The summed E-state index contributed by atoms with van der Waals surface area (Å²) >= 11 is 5.88. The SMILES string of the molecule is Cc1ccc([C@]2(C)NC(=O)N(CC(=O)N[C@H](C)c3ccc(Cl)cc3)C2=O)cc1. The van der Waals surface area contributed by atoms with Gasteiger partial charge in [0.2, 0.25) is 5.91 Å². The van der Waals surface area contributed by atoms with Crippen molar-refractivity contribution in [2.24, 2.45) is 0 Å². The van der Waals surface area contributed by atoms with Gasteiger partial charge in [-0.05, 0) is 44.0 Å². The number of aryl methyl sites for hydroxylation is 1. The second-order valence-electron chi connectivity index (χ2n) is 7.15. The van der Waals surface area contributed by atoms with Crippen LogP contribution in [0.2, 0.25) is 5.02 Å². The summed E-state index contributed by atoms with van der Waals surface area (Å²) in [5.74, 6) is -0.866. The van der Waals surface area contributed by atoms with Crippen LogP contribution in [0, 0.1) is 6.92 Å². The molecule has 7 heteroatoms. The highest BCUT2D eigenvalue weighted by molar-refractivity contribution is 6.30. The molecule has 2 aromatic rings. The third kappa shape index (κ3) is 3.87. The van der Waals surface area contributed by atoms with Crippen molar-refractivity contribution in [3.63, 3.8) is 0 Å². The van der Waals surface area contributed by atoms with E-state index in [1.54, 1.807) is 31.2 Å². The number of imide groups is 1. The maximum Gasteiger partial charge on any atom is 0.325 e. The van der Waals surface area contributed by atoms with E-state index in [1.165, 1.54) is 0 Å². The average molecular weight is 400 g/mol. The van der Waals surface area contributed by atoms with Gasteiger partial charge >= 0.3 is 6.03 Å². The molecule has 0 unspecified atom stereocenters. The molecule has 2 aromatic carbocycles. The second-order valence-corrected chi connectivity index (χ2v) is 7.59. The van der Waals surface area contributed by atoms with Crippen LogP contribution in [-0.4, -0.2) is 29.3 Å². The first-order valence-electron chi connectivity index (χ1n) is 8.97. The Bertz CT molecular complexity index is 911. The Morgan fingerprint density at radius 1 is 1.14 bits per heavy atom. The summed E-state index contributed by atoms with van der Waals surface area (Å²) in [4.78, 5) is 38.6. The van der Waals surface area contributed by atoms with Gasteiger partial charge in [0.15, 0.2) is 0 Å². The first-order valence-corrected chi connectivity index (χ1v) is 9.34. The molecule has 1 heterocycles. The highest BCUT2D eigenvalue weighted by Gasteiger charge is 2.49. The van der Waals surface area contributed by atoms with Gasteiger partial charge in [-0.2, -0.15) is 0 Å². The predicted octanol–water partition coefficient (Wildman–Crippen LogP) is 3.29. The van der Waals surface area contributed by atoms with Gasteiger partial charge in [-0.1, -0.05) is 53.6 Å². The van der Waals surface area contributed by atoms with Crippen molar-refractivity contribution in [2.45, 2.75) is 32.4 Å². The van der Waals surface area contributed by atoms with Crippen LogP contribution >= 0.6 is 11.6 Å². The average Bonchev–Trinajstić information content (AvgIpc) is 2.86. The third-order valence-electron chi connectivity index (χ3n) is 4.95. The number of nitrogens with zero attached hydrogens (tertiary/aromatic N) is 1. The summed E-state index contributed by atoms with van der Waals surface area (Å²) in [6.45, 7) is 5.07. The largest absolute Gasteiger partial charge is 0.348 e. The van der Waals surface area contributed by atoms with Gasteiger partial charge in [-0.15, -0.1) is 0 Å². The van der Waals surface area contributed by atoms with Gasteiger partial charge in [0.1, 0.15) is 12.1 Å². The van der Waals surface area contributed by atoms with Crippen LogP contribution < -0.4 is 10.6 Å². The molecule has 2 N–H and O–H groups in total. The van der Waals surface area contributed by atoms with E-state index in [0.717, 1.165) is 16.0 Å². The van der Waals surface area contributed by atoms with E-state index in [1.807, 2.05) is 38.1 Å². The van der Waals surface area contributed by atoms with Gasteiger partial charge in [0, 0.05) is 5.02 Å². The van der Waals surface area contributed by atoms with Crippen molar-refractivity contribution in [3.8, 4) is 0 Å². The zero-order chi connectivity index (χ0) is 20.5. The van der Waals surface area contributed by atoms with Gasteiger partial charge in [-0.3, -0.25) is 14.5 Å². The van der Waals surface area contributed by atoms with Crippen LogP contribution in [0.3, 0.4) is 0 Å². The van der Waals surface area contributed by atoms with E-state index in [-0.39, 0.29) is 12.6 Å². The fourth-order valence-corrected chi connectivity index (χ4v) is 3.31. The Hall–Kier alpha value is -2.86. The van der Waals surface area contributed by atoms with Crippen LogP contribution in [0.5, 0.6) is 0 Å². The fraction of sp³-hybridized carbons (Fsp3) is 0.286. The molecular weight excluding hydrogens is 378 g/mol. The Balaban J connectivity index is 1.69. The van der Waals surface area contributed by atoms with Crippen LogP contribution in [0.15, 0.2) is 48.5 Å². The summed E-state index contributed by atoms with van der Waals surface area (Å²) in [5, 5.41) is 6.12. The number of benzene rings is 2. The maximum absolute atomic E-state index is 12.9.